The molecule has 0 aromatic rings. The quantitative estimate of drug-likeness (QED) is 0.258. The molecule has 0 aliphatic heterocycles. The van der Waals surface area contributed by atoms with Gasteiger partial charge in [-0.15, -0.1) is 11.8 Å². The maximum absolute atomic E-state index is 4.53. The van der Waals surface area contributed by atoms with Crippen LogP contribution < -0.4 is 0 Å². The summed E-state index contributed by atoms with van der Waals surface area (Å²) in [6.07, 6.45) is 7.45. The molecule has 0 rings (SSSR count). The summed E-state index contributed by atoms with van der Waals surface area (Å²) < 4.78 is 0. The normalized spacial score (nSPS) is 9.50. The van der Waals surface area contributed by atoms with Crippen LogP contribution in [0.3, 0.4) is 0 Å². The minimum atomic E-state index is 1.01. The number of nitrogens with zero attached hydrogens (tertiary/aromatic N) is 1. The van der Waals surface area contributed by atoms with E-state index >= 15 is 0 Å². The number of rotatable bonds is 6. The molecular weight excluding hydrogens is 150 g/mol. The van der Waals surface area contributed by atoms with Crippen molar-refractivity contribution >= 4 is 6.21 Å². The first-order chi connectivity index (χ1) is 5.91. The van der Waals surface area contributed by atoms with Crippen molar-refractivity contribution in [2.24, 2.45) is 5.16 Å². The van der Waals surface area contributed by atoms with E-state index in [0.29, 0.717) is 0 Å². The average molecular weight is 167 g/mol. The molecule has 0 saturated carbocycles. The summed E-state index contributed by atoms with van der Waals surface area (Å²) in [6, 6.07) is 0. The third-order valence-corrected chi connectivity index (χ3v) is 1.49. The Labute approximate surface area is 75.0 Å². The van der Waals surface area contributed by atoms with Crippen molar-refractivity contribution in [2.45, 2.75) is 39.0 Å². The summed E-state index contributed by atoms with van der Waals surface area (Å²) in [5.74, 6) is 5.92. The summed E-state index contributed by atoms with van der Waals surface area (Å²) in [7, 11) is 1.56. The third kappa shape index (κ3) is 9.03. The fourth-order valence-electron chi connectivity index (χ4n) is 0.878. The number of unbranched alkanes of at least 4 members (excludes halogenated alkanes) is 4. The van der Waals surface area contributed by atoms with Crippen LogP contribution in [0.2, 0.25) is 0 Å². The number of hydrogen-bond donors (Lipinski definition) is 0. The van der Waals surface area contributed by atoms with E-state index in [1.165, 1.54) is 19.3 Å². The zero-order valence-corrected chi connectivity index (χ0v) is 7.97. The largest absolute Gasteiger partial charge is 0.399 e. The molecule has 2 nitrogen and oxygen atoms in total. The van der Waals surface area contributed by atoms with Crippen LogP contribution in [0.4, 0.5) is 0 Å². The maximum atomic E-state index is 4.53. The van der Waals surface area contributed by atoms with Crippen molar-refractivity contribution in [2.75, 3.05) is 7.11 Å². The van der Waals surface area contributed by atoms with Gasteiger partial charge < -0.3 is 4.84 Å². The van der Waals surface area contributed by atoms with Crippen molar-refractivity contribution in [3.05, 3.63) is 0 Å². The van der Waals surface area contributed by atoms with Crippen molar-refractivity contribution in [1.29, 1.82) is 0 Å². The van der Waals surface area contributed by atoms with E-state index < -0.39 is 0 Å². The van der Waals surface area contributed by atoms with E-state index in [1.54, 1.807) is 7.11 Å². The van der Waals surface area contributed by atoms with Crippen LogP contribution >= 0.6 is 0 Å². The zero-order chi connectivity index (χ0) is 9.07. The molecule has 0 aliphatic rings. The molecule has 0 N–H and O–H groups in total. The first-order valence-corrected chi connectivity index (χ1v) is 4.36. The molecule has 0 unspecified atom stereocenters. The van der Waals surface area contributed by atoms with Crippen LogP contribution in [0.5, 0.6) is 0 Å². The minimum Gasteiger partial charge on any atom is -0.399 e. The van der Waals surface area contributed by atoms with Crippen LogP contribution in [0, 0.1) is 11.8 Å². The Bertz CT molecular complexity index is 164. The first kappa shape index (κ1) is 11.0. The molecule has 0 heterocycles. The lowest BCUT2D eigenvalue weighted by molar-refractivity contribution is 0.214. The van der Waals surface area contributed by atoms with E-state index in [2.05, 4.69) is 21.8 Å². The SMILES string of the molecule is CC#CCCCCC/C=N/OC. The third-order valence-electron chi connectivity index (χ3n) is 1.49. The van der Waals surface area contributed by atoms with E-state index in [0.717, 1.165) is 12.8 Å². The standard InChI is InChI=1S/C10H17NO/c1-3-4-5-6-7-8-9-10-11-12-2/h10H,5-9H2,1-2H3/b11-10+. The predicted molar refractivity (Wildman–Crippen MR) is 52.0 cm³/mol. The topological polar surface area (TPSA) is 21.6 Å². The second kappa shape index (κ2) is 10.0. The van der Waals surface area contributed by atoms with Gasteiger partial charge >= 0.3 is 0 Å². The fraction of sp³-hybridized carbons (Fsp3) is 0.700. The average Bonchev–Trinajstić information content (AvgIpc) is 2.10. The van der Waals surface area contributed by atoms with E-state index in [-0.39, 0.29) is 0 Å². The molecule has 0 radical (unpaired) electrons. The van der Waals surface area contributed by atoms with Gasteiger partial charge in [0.05, 0.1) is 0 Å². The first-order valence-electron chi connectivity index (χ1n) is 4.36. The van der Waals surface area contributed by atoms with Gasteiger partial charge in [-0.25, -0.2) is 0 Å². The molecule has 0 spiro atoms. The van der Waals surface area contributed by atoms with Gasteiger partial charge in [-0.2, -0.15) is 0 Å². The van der Waals surface area contributed by atoms with Crippen LogP contribution in [0.15, 0.2) is 5.16 Å². The Hall–Kier alpha value is -0.970. The summed E-state index contributed by atoms with van der Waals surface area (Å²) in [6.45, 7) is 1.88. The molecule has 0 amide bonds. The van der Waals surface area contributed by atoms with Gasteiger partial charge in [0.2, 0.25) is 0 Å². The van der Waals surface area contributed by atoms with Crippen LogP contribution in [0.25, 0.3) is 0 Å². The van der Waals surface area contributed by atoms with Gasteiger partial charge in [-0.3, -0.25) is 0 Å². The van der Waals surface area contributed by atoms with Gasteiger partial charge in [-0.1, -0.05) is 11.6 Å². The number of oxime groups is 1. The van der Waals surface area contributed by atoms with E-state index in [4.69, 9.17) is 0 Å². The molecule has 0 bridgehead atoms. The number of hydrogen-bond acceptors (Lipinski definition) is 2. The Morgan fingerprint density at radius 1 is 1.33 bits per heavy atom. The van der Waals surface area contributed by atoms with Crippen molar-refractivity contribution in [3.8, 4) is 11.8 Å². The zero-order valence-electron chi connectivity index (χ0n) is 7.97. The van der Waals surface area contributed by atoms with E-state index in [1.807, 2.05) is 13.1 Å². The Morgan fingerprint density at radius 2 is 2.17 bits per heavy atom. The van der Waals surface area contributed by atoms with Gasteiger partial charge in [0.1, 0.15) is 7.11 Å². The maximum Gasteiger partial charge on any atom is 0.106 e. The summed E-state index contributed by atoms with van der Waals surface area (Å²) in [5, 5.41) is 3.65. The van der Waals surface area contributed by atoms with Gasteiger partial charge in [0, 0.05) is 12.6 Å². The highest BCUT2D eigenvalue weighted by Gasteiger charge is 1.85. The summed E-state index contributed by atoms with van der Waals surface area (Å²) in [5.41, 5.74) is 0. The molecule has 2 heteroatoms. The monoisotopic (exact) mass is 167 g/mol. The molecule has 0 saturated heterocycles. The molecular formula is C10H17NO. The smallest absolute Gasteiger partial charge is 0.106 e. The summed E-state index contributed by atoms with van der Waals surface area (Å²) >= 11 is 0. The molecule has 0 atom stereocenters. The van der Waals surface area contributed by atoms with Crippen LogP contribution in [-0.2, 0) is 4.84 Å². The highest BCUT2D eigenvalue weighted by atomic mass is 16.6. The Balaban J connectivity index is 2.99. The Kier molecular flexibility index (Phi) is 9.22. The molecule has 0 aromatic carbocycles. The lowest BCUT2D eigenvalue weighted by Gasteiger charge is -1.92. The molecule has 12 heavy (non-hydrogen) atoms. The highest BCUT2D eigenvalue weighted by Crippen LogP contribution is 2.00. The van der Waals surface area contributed by atoms with Crippen LogP contribution in [0.1, 0.15) is 39.0 Å². The molecule has 0 aliphatic carbocycles. The highest BCUT2D eigenvalue weighted by molar-refractivity contribution is 5.55. The second-order valence-corrected chi connectivity index (χ2v) is 2.50. The van der Waals surface area contributed by atoms with Crippen molar-refractivity contribution in [1.82, 2.24) is 0 Å². The Morgan fingerprint density at radius 3 is 2.83 bits per heavy atom. The minimum absolute atomic E-state index is 1.01. The molecule has 0 fully saturated rings. The fourth-order valence-corrected chi connectivity index (χ4v) is 0.878. The molecule has 68 valence electrons. The van der Waals surface area contributed by atoms with E-state index in [9.17, 15) is 0 Å². The van der Waals surface area contributed by atoms with Crippen LogP contribution in [-0.4, -0.2) is 13.3 Å². The van der Waals surface area contributed by atoms with Gasteiger partial charge in [0.15, 0.2) is 0 Å². The molecule has 0 aromatic heterocycles. The van der Waals surface area contributed by atoms with Crippen molar-refractivity contribution < 1.29 is 4.84 Å². The van der Waals surface area contributed by atoms with Crippen molar-refractivity contribution in [3.63, 3.8) is 0 Å². The predicted octanol–water partition coefficient (Wildman–Crippen LogP) is 2.59. The lowest BCUT2D eigenvalue weighted by atomic mass is 10.1. The summed E-state index contributed by atoms with van der Waals surface area (Å²) in [4.78, 5) is 4.53. The second-order valence-electron chi connectivity index (χ2n) is 2.50. The lowest BCUT2D eigenvalue weighted by Crippen LogP contribution is -1.79. The van der Waals surface area contributed by atoms with Gasteiger partial charge in [-0.05, 0) is 26.2 Å². The van der Waals surface area contributed by atoms with Gasteiger partial charge in [0.25, 0.3) is 0 Å².